The lowest BCUT2D eigenvalue weighted by molar-refractivity contribution is -0.135. The average molecular weight is 417 g/mol. The molecule has 1 aliphatic heterocycles. The maximum absolute atomic E-state index is 12.4. The van der Waals surface area contributed by atoms with Gasteiger partial charge in [-0.15, -0.1) is 11.3 Å². The Morgan fingerprint density at radius 2 is 1.90 bits per heavy atom. The van der Waals surface area contributed by atoms with Gasteiger partial charge in [-0.3, -0.25) is 14.5 Å². The number of ether oxygens (including phenoxy) is 1. The van der Waals surface area contributed by atoms with Gasteiger partial charge >= 0.3 is 0 Å². The first kappa shape index (κ1) is 21.3. The number of piperazine rings is 1. The predicted molar refractivity (Wildman–Crippen MR) is 113 cm³/mol. The summed E-state index contributed by atoms with van der Waals surface area (Å²) in [7, 11) is 3.50. The van der Waals surface area contributed by atoms with Crippen molar-refractivity contribution >= 4 is 23.2 Å². The van der Waals surface area contributed by atoms with Crippen LogP contribution in [-0.2, 0) is 11.3 Å². The summed E-state index contributed by atoms with van der Waals surface area (Å²) in [5, 5.41) is 0.940. The van der Waals surface area contributed by atoms with Gasteiger partial charge in [0.25, 0.3) is 11.8 Å². The molecule has 29 heavy (non-hydrogen) atoms. The number of thiazole rings is 1. The first-order valence-corrected chi connectivity index (χ1v) is 10.5. The lowest BCUT2D eigenvalue weighted by atomic mass is 10.2. The molecule has 0 radical (unpaired) electrons. The lowest BCUT2D eigenvalue weighted by Crippen LogP contribution is -2.49. The van der Waals surface area contributed by atoms with Gasteiger partial charge in [0.2, 0.25) is 0 Å². The van der Waals surface area contributed by atoms with Crippen molar-refractivity contribution < 1.29 is 14.3 Å². The van der Waals surface area contributed by atoms with Crippen LogP contribution in [0.1, 0.15) is 25.9 Å². The Balaban J connectivity index is 1.47. The Kier molecular flexibility index (Phi) is 6.87. The van der Waals surface area contributed by atoms with Crippen molar-refractivity contribution in [3.63, 3.8) is 0 Å². The molecule has 3 rings (SSSR count). The summed E-state index contributed by atoms with van der Waals surface area (Å²) in [5.41, 5.74) is 1.89. The van der Waals surface area contributed by atoms with E-state index in [1.807, 2.05) is 43.0 Å². The summed E-state index contributed by atoms with van der Waals surface area (Å²) in [6, 6.07) is 7.71. The van der Waals surface area contributed by atoms with E-state index in [1.54, 1.807) is 19.0 Å². The normalized spacial score (nSPS) is 14.7. The molecule has 0 atom stereocenters. The molecule has 0 N–H and O–H groups in total. The fourth-order valence-corrected chi connectivity index (χ4v) is 4.34. The maximum atomic E-state index is 12.4. The van der Waals surface area contributed by atoms with Crippen molar-refractivity contribution in [3.05, 3.63) is 45.4 Å². The van der Waals surface area contributed by atoms with Crippen molar-refractivity contribution in [1.29, 1.82) is 0 Å². The Morgan fingerprint density at radius 1 is 1.17 bits per heavy atom. The zero-order valence-corrected chi connectivity index (χ0v) is 18.3. The van der Waals surface area contributed by atoms with E-state index in [0.29, 0.717) is 24.5 Å². The van der Waals surface area contributed by atoms with Crippen LogP contribution in [0.25, 0.3) is 0 Å². The molecule has 1 aromatic carbocycles. The van der Waals surface area contributed by atoms with Crippen molar-refractivity contribution in [3.8, 4) is 5.75 Å². The highest BCUT2D eigenvalue weighted by molar-refractivity contribution is 7.13. The minimum Gasteiger partial charge on any atom is -0.484 e. The molecule has 1 saturated heterocycles. The van der Waals surface area contributed by atoms with Crippen LogP contribution in [0, 0.1) is 13.8 Å². The fraction of sp³-hybridized carbons (Fsp3) is 0.476. The smallest absolute Gasteiger partial charge is 0.265 e. The standard InChI is InChI=1S/C21H28N4O3S/c1-15-6-5-7-17(12-15)28-14-19(26)25-10-8-24(9-11-25)13-18-22-16(2)20(29-18)21(27)23(3)4/h5-7,12H,8-11,13-14H2,1-4H3. The lowest BCUT2D eigenvalue weighted by Gasteiger charge is -2.34. The van der Waals surface area contributed by atoms with Crippen LogP contribution >= 0.6 is 11.3 Å². The number of hydrogen-bond acceptors (Lipinski definition) is 6. The molecule has 2 aromatic rings. The zero-order valence-electron chi connectivity index (χ0n) is 17.5. The molecule has 1 aromatic heterocycles. The molecule has 2 heterocycles. The van der Waals surface area contributed by atoms with Gasteiger partial charge in [0.1, 0.15) is 15.6 Å². The van der Waals surface area contributed by atoms with Gasteiger partial charge in [0, 0.05) is 40.3 Å². The van der Waals surface area contributed by atoms with Gasteiger partial charge in [0.05, 0.1) is 12.2 Å². The van der Waals surface area contributed by atoms with E-state index in [4.69, 9.17) is 4.74 Å². The third-order valence-electron chi connectivity index (χ3n) is 4.88. The zero-order chi connectivity index (χ0) is 21.0. The first-order valence-electron chi connectivity index (χ1n) is 9.71. The molecule has 0 unspecified atom stereocenters. The van der Waals surface area contributed by atoms with Crippen LogP contribution < -0.4 is 4.74 Å². The molecule has 0 bridgehead atoms. The minimum atomic E-state index is -0.00437. The summed E-state index contributed by atoms with van der Waals surface area (Å²) >= 11 is 1.46. The van der Waals surface area contributed by atoms with Crippen LogP contribution in [-0.4, -0.2) is 78.4 Å². The Bertz CT molecular complexity index is 873. The number of rotatable bonds is 6. The summed E-state index contributed by atoms with van der Waals surface area (Å²) in [6.07, 6.45) is 0. The number of nitrogens with zero attached hydrogens (tertiary/aromatic N) is 4. The number of amides is 2. The highest BCUT2D eigenvalue weighted by Gasteiger charge is 2.23. The Labute approximate surface area is 175 Å². The van der Waals surface area contributed by atoms with Gasteiger partial charge in [0.15, 0.2) is 6.61 Å². The number of benzene rings is 1. The van der Waals surface area contributed by atoms with E-state index in [9.17, 15) is 9.59 Å². The number of carbonyl (C=O) groups excluding carboxylic acids is 2. The summed E-state index contributed by atoms with van der Waals surface area (Å²) < 4.78 is 5.63. The molecule has 8 heteroatoms. The van der Waals surface area contributed by atoms with Gasteiger partial charge in [-0.2, -0.15) is 0 Å². The minimum absolute atomic E-state index is 0.00437. The second-order valence-corrected chi connectivity index (χ2v) is 8.57. The second-order valence-electron chi connectivity index (χ2n) is 7.48. The van der Waals surface area contributed by atoms with Gasteiger partial charge in [-0.25, -0.2) is 4.98 Å². The Hall–Kier alpha value is -2.45. The van der Waals surface area contributed by atoms with E-state index in [0.717, 1.165) is 35.1 Å². The van der Waals surface area contributed by atoms with Crippen molar-refractivity contribution in [1.82, 2.24) is 19.7 Å². The second kappa shape index (κ2) is 9.37. The molecular weight excluding hydrogens is 388 g/mol. The molecule has 0 saturated carbocycles. The van der Waals surface area contributed by atoms with E-state index in [1.165, 1.54) is 11.3 Å². The number of hydrogen-bond donors (Lipinski definition) is 0. The third kappa shape index (κ3) is 5.55. The first-order chi connectivity index (χ1) is 13.8. The molecule has 1 fully saturated rings. The fourth-order valence-electron chi connectivity index (χ4n) is 3.21. The van der Waals surface area contributed by atoms with Crippen LogP contribution in [0.15, 0.2) is 24.3 Å². The number of carbonyl (C=O) groups is 2. The molecule has 0 spiro atoms. The van der Waals surface area contributed by atoms with E-state index >= 15 is 0 Å². The van der Waals surface area contributed by atoms with Crippen molar-refractivity contribution in [2.45, 2.75) is 20.4 Å². The van der Waals surface area contributed by atoms with Gasteiger partial charge < -0.3 is 14.5 Å². The molecule has 0 aliphatic carbocycles. The monoisotopic (exact) mass is 416 g/mol. The van der Waals surface area contributed by atoms with Gasteiger partial charge in [-0.1, -0.05) is 12.1 Å². The molecule has 7 nitrogen and oxygen atoms in total. The molecule has 156 valence electrons. The van der Waals surface area contributed by atoms with E-state index < -0.39 is 0 Å². The predicted octanol–water partition coefficient (Wildman–Crippen LogP) is 2.18. The van der Waals surface area contributed by atoms with Crippen molar-refractivity contribution in [2.24, 2.45) is 0 Å². The third-order valence-corrected chi connectivity index (χ3v) is 6.01. The van der Waals surface area contributed by atoms with Crippen LogP contribution in [0.3, 0.4) is 0 Å². The average Bonchev–Trinajstić information content (AvgIpc) is 3.06. The van der Waals surface area contributed by atoms with Crippen molar-refractivity contribution in [2.75, 3.05) is 46.9 Å². The molecule has 2 amide bonds. The molecular formula is C21H28N4O3S. The SMILES string of the molecule is Cc1cccc(OCC(=O)N2CCN(Cc3nc(C)c(C(=O)N(C)C)s3)CC2)c1. The highest BCUT2D eigenvalue weighted by Crippen LogP contribution is 2.21. The van der Waals surface area contributed by atoms with E-state index in [2.05, 4.69) is 9.88 Å². The summed E-state index contributed by atoms with van der Waals surface area (Å²) in [4.78, 5) is 35.6. The van der Waals surface area contributed by atoms with Crippen LogP contribution in [0.4, 0.5) is 0 Å². The highest BCUT2D eigenvalue weighted by atomic mass is 32.1. The molecule has 1 aliphatic rings. The van der Waals surface area contributed by atoms with Crippen LogP contribution in [0.5, 0.6) is 5.75 Å². The topological polar surface area (TPSA) is 66.0 Å². The largest absolute Gasteiger partial charge is 0.484 e. The van der Waals surface area contributed by atoms with Crippen LogP contribution in [0.2, 0.25) is 0 Å². The summed E-state index contributed by atoms with van der Waals surface area (Å²) in [5.74, 6) is 0.726. The maximum Gasteiger partial charge on any atom is 0.265 e. The van der Waals surface area contributed by atoms with E-state index in [-0.39, 0.29) is 18.4 Å². The summed E-state index contributed by atoms with van der Waals surface area (Å²) in [6.45, 7) is 7.54. The Morgan fingerprint density at radius 3 is 2.55 bits per heavy atom. The quantitative estimate of drug-likeness (QED) is 0.722. The number of aryl methyl sites for hydroxylation is 2. The number of aromatic nitrogens is 1. The van der Waals surface area contributed by atoms with Gasteiger partial charge in [-0.05, 0) is 31.5 Å².